The molecular formula is C18H23ClF2N4O. The lowest BCUT2D eigenvalue weighted by molar-refractivity contribution is -0.144. The van der Waals surface area contributed by atoms with Crippen molar-refractivity contribution in [1.82, 2.24) is 9.91 Å². The monoisotopic (exact) mass is 384 g/mol. The molecule has 0 aliphatic carbocycles. The van der Waals surface area contributed by atoms with E-state index in [9.17, 15) is 13.6 Å². The Kier molecular flexibility index (Phi) is 6.09. The number of hydrogen-bond acceptors (Lipinski definition) is 4. The zero-order valence-corrected chi connectivity index (χ0v) is 15.2. The molecule has 0 spiro atoms. The molecule has 2 N–H and O–H groups in total. The van der Waals surface area contributed by atoms with Crippen LogP contribution in [0.4, 0.5) is 8.78 Å². The number of rotatable bonds is 5. The summed E-state index contributed by atoms with van der Waals surface area (Å²) in [6, 6.07) is 6.76. The number of likely N-dealkylation sites (tertiary alicyclic amines) is 1. The van der Waals surface area contributed by atoms with Crippen molar-refractivity contribution in [2.75, 3.05) is 13.1 Å². The van der Waals surface area contributed by atoms with Crippen LogP contribution in [0.3, 0.4) is 0 Å². The molecule has 2 aliphatic rings. The summed E-state index contributed by atoms with van der Waals surface area (Å²) >= 11 is 6.01. The molecule has 0 radical (unpaired) electrons. The largest absolute Gasteiger partial charge is 0.341 e. The summed E-state index contributed by atoms with van der Waals surface area (Å²) in [6.45, 7) is -1.67. The van der Waals surface area contributed by atoms with Crippen LogP contribution >= 0.6 is 11.6 Å². The summed E-state index contributed by atoms with van der Waals surface area (Å²) in [5.41, 5.74) is 7.46. The van der Waals surface area contributed by atoms with Crippen molar-refractivity contribution in [2.45, 2.75) is 44.3 Å². The summed E-state index contributed by atoms with van der Waals surface area (Å²) in [5.74, 6) is 0.0220. The van der Waals surface area contributed by atoms with Crippen LogP contribution < -0.4 is 5.73 Å². The molecule has 1 saturated heterocycles. The number of benzene rings is 1. The van der Waals surface area contributed by atoms with Crippen LogP contribution in [0.2, 0.25) is 5.02 Å². The van der Waals surface area contributed by atoms with Gasteiger partial charge >= 0.3 is 6.55 Å². The fourth-order valence-corrected chi connectivity index (χ4v) is 3.90. The van der Waals surface area contributed by atoms with Crippen molar-refractivity contribution in [3.63, 3.8) is 0 Å². The van der Waals surface area contributed by atoms with E-state index in [-0.39, 0.29) is 18.4 Å². The third-order valence-electron chi connectivity index (χ3n) is 5.17. The molecule has 5 nitrogen and oxygen atoms in total. The number of nitrogens with two attached hydrogens (primary N) is 1. The Morgan fingerprint density at radius 2 is 2.08 bits per heavy atom. The lowest BCUT2D eigenvalue weighted by Gasteiger charge is -2.37. The highest BCUT2D eigenvalue weighted by Gasteiger charge is 2.37. The standard InChI is InChI=1S/C18H23ClF2N4O/c19-14-3-1-2-12(10-14)11-15(22)13-5-8-24(9-6-13)17(26)16-4-7-23-25(16)18(20)21/h1-3,7,10,13,15-16,18H,4-6,8-9,11,22H2. The lowest BCUT2D eigenvalue weighted by Crippen LogP contribution is -2.50. The lowest BCUT2D eigenvalue weighted by atomic mass is 9.86. The molecule has 3 rings (SSSR count). The number of carbonyl (C=O) groups is 1. The number of piperidine rings is 1. The van der Waals surface area contributed by atoms with E-state index in [0.29, 0.717) is 29.0 Å². The number of alkyl halides is 2. The first-order valence-corrected chi connectivity index (χ1v) is 9.21. The van der Waals surface area contributed by atoms with Gasteiger partial charge in [-0.15, -0.1) is 0 Å². The van der Waals surface area contributed by atoms with Crippen molar-refractivity contribution in [1.29, 1.82) is 0 Å². The fraction of sp³-hybridized carbons (Fsp3) is 0.556. The van der Waals surface area contributed by atoms with E-state index in [4.69, 9.17) is 17.3 Å². The van der Waals surface area contributed by atoms with Gasteiger partial charge in [0.2, 0.25) is 5.91 Å². The first-order chi connectivity index (χ1) is 12.5. The molecule has 142 valence electrons. The predicted octanol–water partition coefficient (Wildman–Crippen LogP) is 2.73. The Labute approximate surface area is 156 Å². The molecule has 1 amide bonds. The molecule has 8 heteroatoms. The van der Waals surface area contributed by atoms with Gasteiger partial charge in [0.15, 0.2) is 0 Å². The van der Waals surface area contributed by atoms with Gasteiger partial charge in [0.25, 0.3) is 0 Å². The first-order valence-electron chi connectivity index (χ1n) is 8.83. The van der Waals surface area contributed by atoms with Crippen molar-refractivity contribution >= 4 is 23.7 Å². The van der Waals surface area contributed by atoms with E-state index in [1.165, 1.54) is 6.21 Å². The maximum Gasteiger partial charge on any atom is 0.330 e. The maximum atomic E-state index is 12.9. The van der Waals surface area contributed by atoms with Crippen LogP contribution in [0.1, 0.15) is 24.8 Å². The molecule has 1 aromatic rings. The molecule has 0 bridgehead atoms. The van der Waals surface area contributed by atoms with Crippen molar-refractivity contribution < 1.29 is 13.6 Å². The second-order valence-corrected chi connectivity index (χ2v) is 7.30. The van der Waals surface area contributed by atoms with Gasteiger partial charge in [-0.05, 0) is 42.9 Å². The van der Waals surface area contributed by atoms with Crippen molar-refractivity contribution in [2.24, 2.45) is 16.8 Å². The Balaban J connectivity index is 1.51. The van der Waals surface area contributed by atoms with E-state index >= 15 is 0 Å². The van der Waals surface area contributed by atoms with E-state index in [1.54, 1.807) is 4.90 Å². The van der Waals surface area contributed by atoms with Gasteiger partial charge < -0.3 is 10.6 Å². The van der Waals surface area contributed by atoms with Crippen molar-refractivity contribution in [3.8, 4) is 0 Å². The smallest absolute Gasteiger partial charge is 0.330 e. The van der Waals surface area contributed by atoms with Crippen LogP contribution in [0, 0.1) is 5.92 Å². The number of carbonyl (C=O) groups excluding carboxylic acids is 1. The van der Waals surface area contributed by atoms with Gasteiger partial charge in [0, 0.05) is 36.8 Å². The minimum atomic E-state index is -2.76. The van der Waals surface area contributed by atoms with Crippen molar-refractivity contribution in [3.05, 3.63) is 34.9 Å². The quantitative estimate of drug-likeness (QED) is 0.794. The normalized spacial score (nSPS) is 22.3. The third-order valence-corrected chi connectivity index (χ3v) is 5.40. The molecule has 1 fully saturated rings. The molecule has 2 unspecified atom stereocenters. The molecule has 2 aliphatic heterocycles. The topological polar surface area (TPSA) is 61.9 Å². The van der Waals surface area contributed by atoms with E-state index in [2.05, 4.69) is 5.10 Å². The van der Waals surface area contributed by atoms with Crippen LogP contribution in [-0.2, 0) is 11.2 Å². The Morgan fingerprint density at radius 1 is 1.35 bits per heavy atom. The van der Waals surface area contributed by atoms with Gasteiger partial charge in [0.1, 0.15) is 6.04 Å². The Bertz CT molecular complexity index is 664. The average Bonchev–Trinajstić information content (AvgIpc) is 3.11. The highest BCUT2D eigenvalue weighted by atomic mass is 35.5. The Hall–Kier alpha value is -1.73. The molecular weight excluding hydrogens is 362 g/mol. The molecule has 0 aromatic heterocycles. The molecule has 1 aromatic carbocycles. The highest BCUT2D eigenvalue weighted by molar-refractivity contribution is 6.30. The van der Waals surface area contributed by atoms with Crippen LogP contribution in [0.5, 0.6) is 0 Å². The van der Waals surface area contributed by atoms with Gasteiger partial charge in [-0.3, -0.25) is 4.79 Å². The van der Waals surface area contributed by atoms with E-state index in [1.807, 2.05) is 24.3 Å². The van der Waals surface area contributed by atoms with Crippen LogP contribution in [0.15, 0.2) is 29.4 Å². The summed E-state index contributed by atoms with van der Waals surface area (Å²) in [4.78, 5) is 14.2. The maximum absolute atomic E-state index is 12.9. The number of halogens is 3. The molecule has 2 atom stereocenters. The molecule has 0 saturated carbocycles. The fourth-order valence-electron chi connectivity index (χ4n) is 3.69. The number of nitrogens with zero attached hydrogens (tertiary/aromatic N) is 3. The summed E-state index contributed by atoms with van der Waals surface area (Å²) < 4.78 is 25.9. The van der Waals surface area contributed by atoms with Crippen LogP contribution in [-0.4, -0.2) is 53.8 Å². The Morgan fingerprint density at radius 3 is 2.73 bits per heavy atom. The van der Waals surface area contributed by atoms with Gasteiger partial charge in [-0.1, -0.05) is 23.7 Å². The zero-order valence-electron chi connectivity index (χ0n) is 14.4. The second kappa shape index (κ2) is 8.31. The summed E-state index contributed by atoms with van der Waals surface area (Å²) in [6.07, 6.45) is 3.89. The molecule has 26 heavy (non-hydrogen) atoms. The number of hydrazone groups is 1. The summed E-state index contributed by atoms with van der Waals surface area (Å²) in [7, 11) is 0. The van der Waals surface area contributed by atoms with E-state index < -0.39 is 12.6 Å². The predicted molar refractivity (Wildman–Crippen MR) is 97.2 cm³/mol. The average molecular weight is 385 g/mol. The van der Waals surface area contributed by atoms with Gasteiger partial charge in [-0.25, -0.2) is 5.01 Å². The number of amides is 1. The highest BCUT2D eigenvalue weighted by Crippen LogP contribution is 2.25. The SMILES string of the molecule is NC(Cc1cccc(Cl)c1)C1CCN(C(=O)C2CC=NN2C(F)F)CC1. The third kappa shape index (κ3) is 4.32. The number of hydrogen-bond donors (Lipinski definition) is 1. The van der Waals surface area contributed by atoms with Gasteiger partial charge in [-0.2, -0.15) is 13.9 Å². The second-order valence-electron chi connectivity index (χ2n) is 6.87. The first kappa shape index (κ1) is 19.0. The molecule has 2 heterocycles. The minimum Gasteiger partial charge on any atom is -0.341 e. The zero-order chi connectivity index (χ0) is 18.7. The van der Waals surface area contributed by atoms with E-state index in [0.717, 1.165) is 24.8 Å². The summed E-state index contributed by atoms with van der Waals surface area (Å²) in [5, 5.41) is 4.90. The van der Waals surface area contributed by atoms with Crippen LogP contribution in [0.25, 0.3) is 0 Å². The van der Waals surface area contributed by atoms with Gasteiger partial charge in [0.05, 0.1) is 0 Å². The minimum absolute atomic E-state index is 0.0157.